The van der Waals surface area contributed by atoms with Gasteiger partial charge in [0, 0.05) is 5.69 Å². The molecule has 6 nitrogen and oxygen atoms in total. The molecule has 33 heavy (non-hydrogen) atoms. The van der Waals surface area contributed by atoms with Gasteiger partial charge in [-0.2, -0.15) is 13.2 Å². The second-order valence-electron chi connectivity index (χ2n) is 7.17. The normalized spacial score (nSPS) is 11.4. The molecule has 0 aliphatic carbocycles. The van der Waals surface area contributed by atoms with Crippen LogP contribution < -0.4 is 14.8 Å². The Balaban J connectivity index is 1.56. The monoisotopic (exact) mass is 455 g/mol. The Morgan fingerprint density at radius 2 is 1.73 bits per heavy atom. The number of aromatic nitrogens is 2. The molecular formula is C24H20F3N3O3. The number of halogens is 3. The number of ether oxygens (including phenoxy) is 2. The van der Waals surface area contributed by atoms with Crippen molar-refractivity contribution in [3.63, 3.8) is 0 Å². The Labute approximate surface area is 187 Å². The Morgan fingerprint density at radius 3 is 2.48 bits per heavy atom. The van der Waals surface area contributed by atoms with Gasteiger partial charge in [-0.3, -0.25) is 4.79 Å². The van der Waals surface area contributed by atoms with E-state index in [1.165, 1.54) is 19.2 Å². The number of anilines is 1. The highest BCUT2D eigenvalue weighted by Crippen LogP contribution is 2.31. The van der Waals surface area contributed by atoms with Crippen LogP contribution in [0.2, 0.25) is 0 Å². The summed E-state index contributed by atoms with van der Waals surface area (Å²) in [6, 6.07) is 18.9. The molecule has 0 saturated heterocycles. The molecule has 0 spiro atoms. The lowest BCUT2D eigenvalue weighted by atomic mass is 10.2. The van der Waals surface area contributed by atoms with E-state index in [1.54, 1.807) is 16.7 Å². The average Bonchev–Trinajstić information content (AvgIpc) is 3.14. The number of hydrogen-bond acceptors (Lipinski definition) is 4. The number of carbonyl (C=O) groups excluding carboxylic acids is 1. The first kappa shape index (κ1) is 22.2. The van der Waals surface area contributed by atoms with Crippen LogP contribution in [0.4, 0.5) is 18.9 Å². The van der Waals surface area contributed by atoms with Gasteiger partial charge in [-0.15, -0.1) is 0 Å². The van der Waals surface area contributed by atoms with Crippen LogP contribution >= 0.6 is 0 Å². The summed E-state index contributed by atoms with van der Waals surface area (Å²) in [5.74, 6) is 1.08. The Bertz CT molecular complexity index is 1280. The SMILES string of the molecule is COc1ccccc1OCc1nc2ccccc2n1CC(=O)Nc1cccc(C(F)(F)F)c1. The maximum atomic E-state index is 13.0. The molecule has 0 aliphatic rings. The van der Waals surface area contributed by atoms with Crippen LogP contribution in [0, 0.1) is 0 Å². The van der Waals surface area contributed by atoms with Gasteiger partial charge >= 0.3 is 6.18 Å². The van der Waals surface area contributed by atoms with E-state index < -0.39 is 17.6 Å². The van der Waals surface area contributed by atoms with E-state index in [0.717, 1.165) is 12.1 Å². The van der Waals surface area contributed by atoms with Gasteiger partial charge in [-0.1, -0.05) is 30.3 Å². The van der Waals surface area contributed by atoms with Crippen LogP contribution in [-0.2, 0) is 24.1 Å². The number of alkyl halides is 3. The van der Waals surface area contributed by atoms with Gasteiger partial charge in [0.2, 0.25) is 5.91 Å². The fourth-order valence-corrected chi connectivity index (χ4v) is 3.41. The maximum Gasteiger partial charge on any atom is 0.416 e. The summed E-state index contributed by atoms with van der Waals surface area (Å²) in [5.41, 5.74) is 0.601. The molecule has 1 N–H and O–H groups in total. The molecule has 9 heteroatoms. The van der Waals surface area contributed by atoms with Gasteiger partial charge in [0.25, 0.3) is 0 Å². The predicted octanol–water partition coefficient (Wildman–Crippen LogP) is 5.28. The van der Waals surface area contributed by atoms with Crippen molar-refractivity contribution in [1.82, 2.24) is 9.55 Å². The van der Waals surface area contributed by atoms with Crippen molar-refractivity contribution in [3.05, 3.63) is 84.2 Å². The van der Waals surface area contributed by atoms with Crippen molar-refractivity contribution in [3.8, 4) is 11.5 Å². The number of fused-ring (bicyclic) bond motifs is 1. The van der Waals surface area contributed by atoms with Gasteiger partial charge in [-0.05, 0) is 42.5 Å². The Hall–Kier alpha value is -4.01. The fraction of sp³-hybridized carbons (Fsp3) is 0.167. The molecule has 4 aromatic rings. The highest BCUT2D eigenvalue weighted by atomic mass is 19.4. The second kappa shape index (κ2) is 9.23. The summed E-state index contributed by atoms with van der Waals surface area (Å²) in [6.07, 6.45) is -4.50. The van der Waals surface area contributed by atoms with E-state index >= 15 is 0 Å². The minimum Gasteiger partial charge on any atom is -0.493 e. The molecule has 1 heterocycles. The molecule has 0 radical (unpaired) electrons. The van der Waals surface area contributed by atoms with Crippen LogP contribution in [0.25, 0.3) is 11.0 Å². The van der Waals surface area contributed by atoms with E-state index in [0.29, 0.717) is 28.4 Å². The van der Waals surface area contributed by atoms with Crippen molar-refractivity contribution >= 4 is 22.6 Å². The standard InChI is InChI=1S/C24H20F3N3O3/c1-32-20-11-4-5-12-21(20)33-15-22-29-18-9-2-3-10-19(18)30(22)14-23(31)28-17-8-6-7-16(13-17)24(25,26)27/h2-13H,14-15H2,1H3,(H,28,31). The minimum atomic E-state index is -4.50. The number of nitrogens with one attached hydrogen (secondary N) is 1. The highest BCUT2D eigenvalue weighted by molar-refractivity contribution is 5.91. The lowest BCUT2D eigenvalue weighted by Gasteiger charge is -2.13. The minimum absolute atomic E-state index is 0.0612. The van der Waals surface area contributed by atoms with Gasteiger partial charge in [0.05, 0.1) is 23.7 Å². The molecule has 0 saturated carbocycles. The number of methoxy groups -OCH3 is 1. The molecule has 0 atom stereocenters. The molecule has 1 amide bonds. The van der Waals surface area contributed by atoms with Gasteiger partial charge in [0.1, 0.15) is 19.0 Å². The predicted molar refractivity (Wildman–Crippen MR) is 117 cm³/mol. The third-order valence-electron chi connectivity index (χ3n) is 4.93. The van der Waals surface area contributed by atoms with Crippen molar-refractivity contribution < 1.29 is 27.4 Å². The lowest BCUT2D eigenvalue weighted by molar-refractivity contribution is -0.137. The van der Waals surface area contributed by atoms with Crippen molar-refractivity contribution in [2.75, 3.05) is 12.4 Å². The topological polar surface area (TPSA) is 65.4 Å². The highest BCUT2D eigenvalue weighted by Gasteiger charge is 2.30. The van der Waals surface area contributed by atoms with E-state index in [9.17, 15) is 18.0 Å². The number of benzene rings is 3. The fourth-order valence-electron chi connectivity index (χ4n) is 3.41. The number of carbonyl (C=O) groups is 1. The first-order valence-electron chi connectivity index (χ1n) is 10.0. The zero-order valence-electron chi connectivity index (χ0n) is 17.6. The summed E-state index contributed by atoms with van der Waals surface area (Å²) >= 11 is 0. The number of hydrogen-bond donors (Lipinski definition) is 1. The van der Waals surface area contributed by atoms with Crippen molar-refractivity contribution in [1.29, 1.82) is 0 Å². The zero-order chi connectivity index (χ0) is 23.4. The first-order chi connectivity index (χ1) is 15.8. The smallest absolute Gasteiger partial charge is 0.416 e. The third kappa shape index (κ3) is 5.08. The largest absolute Gasteiger partial charge is 0.493 e. The summed E-state index contributed by atoms with van der Waals surface area (Å²) in [6.45, 7) is -0.0900. The first-order valence-corrected chi connectivity index (χ1v) is 10.0. The average molecular weight is 455 g/mol. The molecule has 0 aliphatic heterocycles. The van der Waals surface area contributed by atoms with Gasteiger partial charge in [-0.25, -0.2) is 4.98 Å². The van der Waals surface area contributed by atoms with Crippen LogP contribution in [-0.4, -0.2) is 22.6 Å². The summed E-state index contributed by atoms with van der Waals surface area (Å²) < 4.78 is 51.7. The van der Waals surface area contributed by atoms with E-state index in [-0.39, 0.29) is 18.8 Å². The van der Waals surface area contributed by atoms with E-state index in [4.69, 9.17) is 9.47 Å². The van der Waals surface area contributed by atoms with Crippen LogP contribution in [0.5, 0.6) is 11.5 Å². The van der Waals surface area contributed by atoms with Crippen LogP contribution in [0.3, 0.4) is 0 Å². The maximum absolute atomic E-state index is 13.0. The molecular weight excluding hydrogens is 435 g/mol. The van der Waals surface area contributed by atoms with Crippen LogP contribution in [0.15, 0.2) is 72.8 Å². The summed E-state index contributed by atoms with van der Waals surface area (Å²) in [4.78, 5) is 17.3. The summed E-state index contributed by atoms with van der Waals surface area (Å²) in [7, 11) is 1.54. The number of nitrogens with zero attached hydrogens (tertiary/aromatic N) is 2. The molecule has 0 unspecified atom stereocenters. The number of amides is 1. The third-order valence-corrected chi connectivity index (χ3v) is 4.93. The van der Waals surface area contributed by atoms with Crippen molar-refractivity contribution in [2.24, 2.45) is 0 Å². The van der Waals surface area contributed by atoms with Gasteiger partial charge in [0.15, 0.2) is 11.5 Å². The van der Waals surface area contributed by atoms with Crippen LogP contribution in [0.1, 0.15) is 11.4 Å². The summed E-state index contributed by atoms with van der Waals surface area (Å²) in [5, 5.41) is 2.53. The molecule has 4 rings (SSSR count). The zero-order valence-corrected chi connectivity index (χ0v) is 17.6. The molecule has 1 aromatic heterocycles. The number of rotatable bonds is 7. The Morgan fingerprint density at radius 1 is 1.00 bits per heavy atom. The second-order valence-corrected chi connectivity index (χ2v) is 7.17. The van der Waals surface area contributed by atoms with Crippen molar-refractivity contribution in [2.45, 2.75) is 19.3 Å². The molecule has 170 valence electrons. The molecule has 0 bridgehead atoms. The van der Waals surface area contributed by atoms with E-state index in [1.807, 2.05) is 36.4 Å². The van der Waals surface area contributed by atoms with Gasteiger partial charge < -0.3 is 19.4 Å². The lowest BCUT2D eigenvalue weighted by Crippen LogP contribution is -2.21. The Kier molecular flexibility index (Phi) is 6.21. The number of para-hydroxylation sites is 4. The quantitative estimate of drug-likeness (QED) is 0.412. The number of imidazole rings is 1. The molecule has 0 fully saturated rings. The van der Waals surface area contributed by atoms with E-state index in [2.05, 4.69) is 10.3 Å². The molecule has 3 aromatic carbocycles.